The number of nitriles is 2. The van der Waals surface area contributed by atoms with Crippen LogP contribution < -0.4 is 15.2 Å². The van der Waals surface area contributed by atoms with Crippen LogP contribution in [0, 0.1) is 22.7 Å². The molecule has 0 unspecified atom stereocenters. The Bertz CT molecular complexity index is 938. The molecule has 6 nitrogen and oxygen atoms in total. The molecule has 0 aromatic heterocycles. The summed E-state index contributed by atoms with van der Waals surface area (Å²) in [5.74, 6) is 0.108. The van der Waals surface area contributed by atoms with Gasteiger partial charge in [-0.15, -0.1) is 0 Å². The summed E-state index contributed by atoms with van der Waals surface area (Å²) in [5, 5.41) is 17.8. The van der Waals surface area contributed by atoms with Gasteiger partial charge in [-0.3, -0.25) is 4.79 Å². The maximum atomic E-state index is 11.2. The largest absolute Gasteiger partial charge is 0.493 e. The maximum Gasteiger partial charge on any atom is 0.259 e. The van der Waals surface area contributed by atoms with Gasteiger partial charge in [-0.2, -0.15) is 10.5 Å². The summed E-state index contributed by atoms with van der Waals surface area (Å²) >= 11 is 3.41. The monoisotopic (exact) mass is 411 g/mol. The van der Waals surface area contributed by atoms with Crippen LogP contribution in [0.15, 0.2) is 46.4 Å². The van der Waals surface area contributed by atoms with Crippen molar-refractivity contribution in [2.45, 2.75) is 6.61 Å². The van der Waals surface area contributed by atoms with Gasteiger partial charge in [0, 0.05) is 0 Å². The van der Waals surface area contributed by atoms with Crippen LogP contribution in [0.5, 0.6) is 11.5 Å². The van der Waals surface area contributed by atoms with Gasteiger partial charge in [0.2, 0.25) is 0 Å². The van der Waals surface area contributed by atoms with Crippen LogP contribution in [0.3, 0.4) is 0 Å². The predicted octanol–water partition coefficient (Wildman–Crippen LogP) is 3.30. The number of hydrogen-bond acceptors (Lipinski definition) is 5. The minimum absolute atomic E-state index is 0.162. The minimum atomic E-state index is -0.802. The van der Waals surface area contributed by atoms with Crippen molar-refractivity contribution in [1.82, 2.24) is 0 Å². The van der Waals surface area contributed by atoms with Crippen LogP contribution in [0.2, 0.25) is 0 Å². The lowest BCUT2D eigenvalue weighted by atomic mass is 10.1. The second-order valence-electron chi connectivity index (χ2n) is 5.17. The van der Waals surface area contributed by atoms with Crippen LogP contribution in [0.25, 0.3) is 6.08 Å². The molecule has 0 saturated heterocycles. The van der Waals surface area contributed by atoms with E-state index in [1.54, 1.807) is 30.3 Å². The molecule has 0 spiro atoms. The Hall–Kier alpha value is -3.29. The quantitative estimate of drug-likeness (QED) is 0.579. The predicted molar refractivity (Wildman–Crippen MR) is 99.0 cm³/mol. The highest BCUT2D eigenvalue weighted by molar-refractivity contribution is 9.10. The zero-order chi connectivity index (χ0) is 19.1. The van der Waals surface area contributed by atoms with Gasteiger partial charge in [0.1, 0.15) is 18.2 Å². The third kappa shape index (κ3) is 4.62. The number of primary amides is 1. The van der Waals surface area contributed by atoms with E-state index in [9.17, 15) is 4.79 Å². The normalized spacial score (nSPS) is 10.5. The number of methoxy groups -OCH3 is 1. The van der Waals surface area contributed by atoms with Crippen molar-refractivity contribution in [3.05, 3.63) is 63.1 Å². The number of halogens is 1. The number of amides is 1. The fourth-order valence-electron chi connectivity index (χ4n) is 2.12. The zero-order valence-corrected chi connectivity index (χ0v) is 15.4. The second-order valence-corrected chi connectivity index (χ2v) is 6.02. The first-order valence-electron chi connectivity index (χ1n) is 7.39. The highest BCUT2D eigenvalue weighted by atomic mass is 79.9. The molecule has 130 valence electrons. The Morgan fingerprint density at radius 1 is 1.27 bits per heavy atom. The molecule has 0 fully saturated rings. The number of hydrogen-bond donors (Lipinski definition) is 1. The summed E-state index contributed by atoms with van der Waals surface area (Å²) in [6.07, 6.45) is 1.38. The zero-order valence-electron chi connectivity index (χ0n) is 13.8. The van der Waals surface area contributed by atoms with Crippen LogP contribution in [-0.2, 0) is 11.4 Å². The highest BCUT2D eigenvalue weighted by Gasteiger charge is 2.13. The molecule has 2 N–H and O–H groups in total. The van der Waals surface area contributed by atoms with Gasteiger partial charge < -0.3 is 15.2 Å². The average molecular weight is 412 g/mol. The molecule has 2 aromatic carbocycles. The number of ether oxygens (including phenoxy) is 2. The van der Waals surface area contributed by atoms with Gasteiger partial charge in [0.05, 0.1) is 23.2 Å². The first kappa shape index (κ1) is 19.0. The Morgan fingerprint density at radius 2 is 1.96 bits per heavy atom. The maximum absolute atomic E-state index is 11.2. The van der Waals surface area contributed by atoms with E-state index in [4.69, 9.17) is 25.7 Å². The smallest absolute Gasteiger partial charge is 0.259 e. The molecule has 7 heteroatoms. The van der Waals surface area contributed by atoms with Gasteiger partial charge in [0.15, 0.2) is 11.5 Å². The fourth-order valence-corrected chi connectivity index (χ4v) is 2.69. The standard InChI is InChI=1S/C19H14BrN3O3/c1-25-17-8-14(6-15(10-22)19(23)24)7-16(20)18(17)26-11-13-4-2-12(9-21)3-5-13/h2-8H,11H2,1H3,(H2,23,24). The van der Waals surface area contributed by atoms with Crippen molar-refractivity contribution in [3.8, 4) is 23.6 Å². The first-order valence-corrected chi connectivity index (χ1v) is 8.18. The van der Waals surface area contributed by atoms with Crippen LogP contribution in [0.4, 0.5) is 0 Å². The second kappa shape index (κ2) is 8.70. The first-order chi connectivity index (χ1) is 12.5. The fraction of sp³-hybridized carbons (Fsp3) is 0.105. The minimum Gasteiger partial charge on any atom is -0.493 e. The van der Waals surface area contributed by atoms with E-state index in [1.807, 2.05) is 12.1 Å². The molecule has 2 rings (SSSR count). The lowest BCUT2D eigenvalue weighted by Gasteiger charge is -2.14. The van der Waals surface area contributed by atoms with Gasteiger partial charge >= 0.3 is 0 Å². The van der Waals surface area contributed by atoms with E-state index in [0.717, 1.165) is 5.56 Å². The van der Waals surface area contributed by atoms with Gasteiger partial charge in [0.25, 0.3) is 5.91 Å². The van der Waals surface area contributed by atoms with Crippen LogP contribution >= 0.6 is 15.9 Å². The molecule has 1 amide bonds. The van der Waals surface area contributed by atoms with E-state index in [0.29, 0.717) is 27.1 Å². The van der Waals surface area contributed by atoms with Crippen molar-refractivity contribution in [2.75, 3.05) is 7.11 Å². The molecule has 0 heterocycles. The van der Waals surface area contributed by atoms with Crippen LogP contribution in [0.1, 0.15) is 16.7 Å². The van der Waals surface area contributed by atoms with Gasteiger partial charge in [-0.25, -0.2) is 0 Å². The molecule has 0 bridgehead atoms. The third-order valence-corrected chi connectivity index (χ3v) is 4.00. The van der Waals surface area contributed by atoms with Gasteiger partial charge in [-0.1, -0.05) is 12.1 Å². The Labute approximate surface area is 159 Å². The van der Waals surface area contributed by atoms with Crippen LogP contribution in [-0.4, -0.2) is 13.0 Å². The number of nitrogens with zero attached hydrogens (tertiary/aromatic N) is 2. The van der Waals surface area contributed by atoms with Crippen molar-refractivity contribution >= 4 is 27.9 Å². The number of carbonyl (C=O) groups is 1. The molecular formula is C19H14BrN3O3. The van der Waals surface area contributed by atoms with Crippen molar-refractivity contribution in [1.29, 1.82) is 10.5 Å². The SMILES string of the molecule is COc1cc(C=C(C#N)C(N)=O)cc(Br)c1OCc1ccc(C#N)cc1. The number of nitrogens with two attached hydrogens (primary N) is 1. The van der Waals surface area contributed by atoms with E-state index in [1.165, 1.54) is 13.2 Å². The topological polar surface area (TPSA) is 109 Å². The number of rotatable bonds is 6. The Kier molecular flexibility index (Phi) is 6.37. The van der Waals surface area contributed by atoms with E-state index < -0.39 is 5.91 Å². The summed E-state index contributed by atoms with van der Waals surface area (Å²) in [6.45, 7) is 0.278. The summed E-state index contributed by atoms with van der Waals surface area (Å²) < 4.78 is 11.8. The summed E-state index contributed by atoms with van der Waals surface area (Å²) in [7, 11) is 1.49. The summed E-state index contributed by atoms with van der Waals surface area (Å²) in [5.41, 5.74) is 7.02. The molecule has 0 radical (unpaired) electrons. The van der Waals surface area contributed by atoms with E-state index in [2.05, 4.69) is 22.0 Å². The van der Waals surface area contributed by atoms with Crippen molar-refractivity contribution < 1.29 is 14.3 Å². The molecule has 0 aliphatic rings. The number of benzene rings is 2. The van der Waals surface area contributed by atoms with E-state index >= 15 is 0 Å². The molecule has 0 aliphatic carbocycles. The highest BCUT2D eigenvalue weighted by Crippen LogP contribution is 2.37. The van der Waals surface area contributed by atoms with E-state index in [-0.39, 0.29) is 12.2 Å². The summed E-state index contributed by atoms with van der Waals surface area (Å²) in [4.78, 5) is 11.2. The van der Waals surface area contributed by atoms with Crippen molar-refractivity contribution in [3.63, 3.8) is 0 Å². The van der Waals surface area contributed by atoms with Crippen molar-refractivity contribution in [2.24, 2.45) is 5.73 Å². The Balaban J connectivity index is 2.27. The lowest BCUT2D eigenvalue weighted by Crippen LogP contribution is -2.12. The summed E-state index contributed by atoms with van der Waals surface area (Å²) in [6, 6.07) is 14.2. The number of carbonyl (C=O) groups excluding carboxylic acids is 1. The molecule has 0 saturated carbocycles. The van der Waals surface area contributed by atoms with Gasteiger partial charge in [-0.05, 0) is 57.4 Å². The molecule has 26 heavy (non-hydrogen) atoms. The average Bonchev–Trinajstić information content (AvgIpc) is 2.64. The molecule has 0 aliphatic heterocycles. The molecular weight excluding hydrogens is 398 g/mol. The Morgan fingerprint density at radius 3 is 2.50 bits per heavy atom. The molecule has 2 aromatic rings. The molecule has 0 atom stereocenters. The third-order valence-electron chi connectivity index (χ3n) is 3.41. The lowest BCUT2D eigenvalue weighted by molar-refractivity contribution is -0.114.